The molecular formula is C74H94Cl2N4O12. The Kier molecular flexibility index (Phi) is 22.2. The van der Waals surface area contributed by atoms with Gasteiger partial charge in [-0.15, -0.1) is 26.3 Å². The molecule has 2 amide bonds. The molecule has 2 saturated carbocycles. The van der Waals surface area contributed by atoms with E-state index in [2.05, 4.69) is 60.4 Å². The highest BCUT2D eigenvalue weighted by Gasteiger charge is 2.50. The lowest BCUT2D eigenvalue weighted by atomic mass is 9.68. The van der Waals surface area contributed by atoms with E-state index >= 15 is 0 Å². The van der Waals surface area contributed by atoms with Gasteiger partial charge in [0.1, 0.15) is 11.5 Å². The molecule has 12 atom stereocenters. The highest BCUT2D eigenvalue weighted by atomic mass is 35.5. The van der Waals surface area contributed by atoms with Crippen molar-refractivity contribution in [2.45, 2.75) is 150 Å². The molecule has 2 aliphatic heterocycles. The van der Waals surface area contributed by atoms with Gasteiger partial charge < -0.3 is 59.0 Å². The van der Waals surface area contributed by atoms with Gasteiger partial charge in [-0.1, -0.05) is 71.8 Å². The molecule has 0 radical (unpaired) electrons. The maximum absolute atomic E-state index is 13.4. The molecule has 16 nitrogen and oxygen atoms in total. The molecule has 4 aromatic carbocycles. The summed E-state index contributed by atoms with van der Waals surface area (Å²) in [6.45, 7) is 22.4. The summed E-state index contributed by atoms with van der Waals surface area (Å²) in [6, 6.07) is 22.3. The first-order valence-corrected chi connectivity index (χ1v) is 33.3. The molecule has 0 unspecified atom stereocenters. The number of methoxy groups -OCH3 is 2. The lowest BCUT2D eigenvalue weighted by molar-refractivity contribution is -0.168. The molecule has 10 rings (SSSR count). The monoisotopic (exact) mass is 1300 g/mol. The van der Waals surface area contributed by atoms with E-state index in [0.717, 1.165) is 75.6 Å². The fraction of sp³-hybridized carbons (Fsp3) is 0.514. The fourth-order valence-electron chi connectivity index (χ4n) is 15.1. The number of anilines is 2. The molecule has 6 aliphatic rings. The van der Waals surface area contributed by atoms with Crippen LogP contribution in [0.3, 0.4) is 0 Å². The molecule has 4 aliphatic carbocycles. The van der Waals surface area contributed by atoms with E-state index in [1.54, 1.807) is 74.8 Å². The number of aliphatic hydroxyl groups is 4. The third-order valence-corrected chi connectivity index (χ3v) is 21.7. The molecule has 18 heteroatoms. The molecule has 0 bridgehead atoms. The summed E-state index contributed by atoms with van der Waals surface area (Å²) < 4.78 is 23.3. The van der Waals surface area contributed by atoms with Crippen LogP contribution in [0.2, 0.25) is 10.0 Å². The summed E-state index contributed by atoms with van der Waals surface area (Å²) in [5.74, 6) is -0.699. The number of rotatable bonds is 22. The number of amides is 2. The topological polar surface area (TPSA) is 199 Å². The van der Waals surface area contributed by atoms with Gasteiger partial charge in [0, 0.05) is 73.2 Å². The Morgan fingerprint density at radius 2 is 1.02 bits per heavy atom. The number of fused-ring (bicyclic) bond motifs is 6. The van der Waals surface area contributed by atoms with Gasteiger partial charge in [-0.2, -0.15) is 0 Å². The van der Waals surface area contributed by atoms with Crippen LogP contribution in [0.15, 0.2) is 123 Å². The van der Waals surface area contributed by atoms with E-state index in [4.69, 9.17) is 42.1 Å². The standard InChI is InChI=1S/2C37H47ClN2O6/c2*1-6-9-24(3)39(4)34(42)20-37(44,35(43)45-5)27-12-16-33-31(19-27)40(21-26-11-14-29(26)32(41)7-2)22-36(23-46-33)17-8-10-25-18-28(38)13-15-30(25)36/h2*6-7,12-13,15-16,18-19,24,26,29,32,41,44H,1-2,8-11,14,17,20-23H2,3-5H3/t24-,26-,29+,32-,36-,37+;24-,26-,29+,32-,36-,37-/m00/s1. The van der Waals surface area contributed by atoms with Gasteiger partial charge in [-0.25, -0.2) is 9.59 Å². The Morgan fingerprint density at radius 1 is 0.630 bits per heavy atom. The van der Waals surface area contributed by atoms with Gasteiger partial charge in [0.25, 0.3) is 0 Å². The van der Waals surface area contributed by atoms with Crippen molar-refractivity contribution in [1.29, 1.82) is 0 Å². The molecule has 4 N–H and O–H groups in total. The van der Waals surface area contributed by atoms with Crippen LogP contribution in [0.5, 0.6) is 11.5 Å². The summed E-state index contributed by atoms with van der Waals surface area (Å²) in [7, 11) is 5.72. The number of carbonyl (C=O) groups excluding carboxylic acids is 4. The number of esters is 2. The smallest absolute Gasteiger partial charge is 0.343 e. The maximum atomic E-state index is 13.4. The SMILES string of the molecule is C=CC[C@H](C)N(C)C(=O)C[C@@](O)(C(=O)OC)c1ccc2c(c1)N(C[C@@H]1CC[C@H]1[C@@H](O)C=C)C[C@@]1(CCCc3cc(Cl)ccc31)CO2.C=CC[C@H](C)N(C)C(=O)C[C@](O)(C(=O)OC)c1ccc2c(c1)N(C[C@@H]1CC[C@H]1[C@@H](O)C=C)C[C@@]1(CCCc3cc(Cl)ccc31)CO2. The summed E-state index contributed by atoms with van der Waals surface area (Å²) in [5, 5.41) is 46.7. The van der Waals surface area contributed by atoms with Gasteiger partial charge in [0.2, 0.25) is 11.8 Å². The number of hydrogen-bond donors (Lipinski definition) is 4. The van der Waals surface area contributed by atoms with Gasteiger partial charge in [0.05, 0.1) is 63.9 Å². The van der Waals surface area contributed by atoms with Crippen molar-refractivity contribution in [3.8, 4) is 11.5 Å². The number of hydrogen-bond acceptors (Lipinski definition) is 14. The fourth-order valence-corrected chi connectivity index (χ4v) is 15.5. The lowest BCUT2D eigenvalue weighted by Gasteiger charge is -2.45. The zero-order valence-corrected chi connectivity index (χ0v) is 55.9. The predicted octanol–water partition coefficient (Wildman–Crippen LogP) is 11.1. The highest BCUT2D eigenvalue weighted by Crippen LogP contribution is 2.50. The van der Waals surface area contributed by atoms with Gasteiger partial charge in [0.15, 0.2) is 11.2 Å². The van der Waals surface area contributed by atoms with Crippen molar-refractivity contribution < 1.29 is 58.6 Å². The van der Waals surface area contributed by atoms with Crippen molar-refractivity contribution in [3.05, 3.63) is 167 Å². The number of aliphatic hydroxyl groups excluding tert-OH is 2. The number of aryl methyl sites for hydroxylation is 2. The Bertz CT molecular complexity index is 3180. The zero-order chi connectivity index (χ0) is 66.5. The van der Waals surface area contributed by atoms with E-state index in [0.29, 0.717) is 73.8 Å². The van der Waals surface area contributed by atoms with Crippen LogP contribution in [0.25, 0.3) is 0 Å². The van der Waals surface area contributed by atoms with Crippen molar-refractivity contribution in [2.24, 2.45) is 23.7 Å². The molecule has 92 heavy (non-hydrogen) atoms. The average Bonchev–Trinajstić information content (AvgIpc) is 1.50. The molecular weight excluding hydrogens is 1210 g/mol. The van der Waals surface area contributed by atoms with Crippen LogP contribution >= 0.6 is 23.2 Å². The summed E-state index contributed by atoms with van der Waals surface area (Å²) in [5.41, 5.74) is 1.83. The molecule has 496 valence electrons. The second-order valence-corrected chi connectivity index (χ2v) is 27.7. The minimum absolute atomic E-state index is 0.0967. The molecule has 0 saturated heterocycles. The number of carbonyl (C=O) groups is 4. The Balaban J connectivity index is 0.000000217. The minimum atomic E-state index is -2.22. The van der Waals surface area contributed by atoms with E-state index < -0.39 is 60.0 Å². The average molecular weight is 1300 g/mol. The largest absolute Gasteiger partial charge is 0.490 e. The quantitative estimate of drug-likeness (QED) is 0.0428. The molecule has 4 aromatic rings. The Morgan fingerprint density at radius 3 is 1.36 bits per heavy atom. The van der Waals surface area contributed by atoms with Crippen molar-refractivity contribution in [2.75, 3.05) is 77.5 Å². The first-order valence-electron chi connectivity index (χ1n) is 32.5. The number of ether oxygens (including phenoxy) is 4. The van der Waals surface area contributed by atoms with Crippen molar-refractivity contribution >= 4 is 58.3 Å². The van der Waals surface area contributed by atoms with Gasteiger partial charge >= 0.3 is 11.9 Å². The summed E-state index contributed by atoms with van der Waals surface area (Å²) >= 11 is 12.8. The van der Waals surface area contributed by atoms with Crippen LogP contribution in [-0.2, 0) is 63.5 Å². The molecule has 2 fully saturated rings. The maximum Gasteiger partial charge on any atom is 0.343 e. The normalized spacial score (nSPS) is 24.5. The Hall–Kier alpha value is -6.66. The third-order valence-electron chi connectivity index (χ3n) is 21.2. The van der Waals surface area contributed by atoms with Crippen LogP contribution in [0.1, 0.15) is 124 Å². The number of halogens is 2. The van der Waals surface area contributed by atoms with Crippen molar-refractivity contribution in [3.63, 3.8) is 0 Å². The van der Waals surface area contributed by atoms with Crippen LogP contribution < -0.4 is 19.3 Å². The van der Waals surface area contributed by atoms with E-state index in [9.17, 15) is 39.6 Å². The third kappa shape index (κ3) is 14.2. The molecule has 0 aromatic heterocycles. The number of benzene rings is 4. The Labute approximate surface area is 553 Å². The second-order valence-electron chi connectivity index (χ2n) is 26.8. The van der Waals surface area contributed by atoms with E-state index in [1.807, 2.05) is 26.0 Å². The summed E-state index contributed by atoms with van der Waals surface area (Å²) in [6.07, 6.45) is 15.2. The second kappa shape index (κ2) is 29.3. The molecule has 2 spiro atoms. The van der Waals surface area contributed by atoms with Crippen LogP contribution in [0, 0.1) is 23.7 Å². The number of nitrogens with zero attached hydrogens (tertiary/aromatic N) is 4. The van der Waals surface area contributed by atoms with Crippen LogP contribution in [0.4, 0.5) is 11.4 Å². The molecule has 2 heterocycles. The van der Waals surface area contributed by atoms with E-state index in [1.165, 1.54) is 46.3 Å². The van der Waals surface area contributed by atoms with Gasteiger partial charge in [-0.05, 0) is 196 Å². The van der Waals surface area contributed by atoms with Gasteiger partial charge in [-0.3, -0.25) is 9.59 Å². The lowest BCUT2D eigenvalue weighted by Crippen LogP contribution is -2.49. The first kappa shape index (κ1) is 69.7. The zero-order valence-electron chi connectivity index (χ0n) is 54.4. The van der Waals surface area contributed by atoms with Crippen LogP contribution in [-0.4, -0.2) is 146 Å². The minimum Gasteiger partial charge on any atom is -0.490 e. The predicted molar refractivity (Wildman–Crippen MR) is 360 cm³/mol. The van der Waals surface area contributed by atoms with E-state index in [-0.39, 0.29) is 57.7 Å². The van der Waals surface area contributed by atoms with Crippen molar-refractivity contribution in [1.82, 2.24) is 9.80 Å². The first-order chi connectivity index (χ1) is 43.9. The summed E-state index contributed by atoms with van der Waals surface area (Å²) in [4.78, 5) is 60.9. The highest BCUT2D eigenvalue weighted by molar-refractivity contribution is 6.31.